The molecule has 0 saturated carbocycles. The van der Waals surface area contributed by atoms with E-state index >= 15 is 0 Å². The summed E-state index contributed by atoms with van der Waals surface area (Å²) in [6.07, 6.45) is 0. The second-order valence-electron chi connectivity index (χ2n) is 6.62. The van der Waals surface area contributed by atoms with Crippen molar-refractivity contribution in [1.82, 2.24) is 0 Å². The molecule has 0 saturated heterocycles. The van der Waals surface area contributed by atoms with Crippen molar-refractivity contribution >= 4 is 33.8 Å². The summed E-state index contributed by atoms with van der Waals surface area (Å²) in [6, 6.07) is 11.8. The zero-order valence-electron chi connectivity index (χ0n) is 14.7. The summed E-state index contributed by atoms with van der Waals surface area (Å²) in [4.78, 5) is 4.70. The van der Waals surface area contributed by atoms with E-state index in [0.29, 0.717) is 11.1 Å². The molecular formula is C21H20O2S2. The molecule has 1 aliphatic carbocycles. The zero-order valence-corrected chi connectivity index (χ0v) is 16.3. The molecule has 25 heavy (non-hydrogen) atoms. The summed E-state index contributed by atoms with van der Waals surface area (Å²) >= 11 is 3.43. The van der Waals surface area contributed by atoms with Gasteiger partial charge < -0.3 is 10.2 Å². The van der Waals surface area contributed by atoms with Gasteiger partial charge in [-0.05, 0) is 56.5 Å². The Morgan fingerprint density at radius 1 is 0.760 bits per heavy atom. The molecule has 0 fully saturated rings. The van der Waals surface area contributed by atoms with Gasteiger partial charge in [-0.3, -0.25) is 0 Å². The van der Waals surface area contributed by atoms with Crippen LogP contribution in [0.3, 0.4) is 0 Å². The minimum Gasteiger partial charge on any atom is -0.358 e. The summed E-state index contributed by atoms with van der Waals surface area (Å²) < 4.78 is 0. The molecule has 0 amide bonds. The highest BCUT2D eigenvalue weighted by Crippen LogP contribution is 2.53. The summed E-state index contributed by atoms with van der Waals surface area (Å²) in [5.74, 6) is -1.98. The molecule has 2 aromatic heterocycles. The van der Waals surface area contributed by atoms with E-state index in [9.17, 15) is 10.2 Å². The van der Waals surface area contributed by atoms with Crippen molar-refractivity contribution in [3.8, 4) is 0 Å². The van der Waals surface area contributed by atoms with Gasteiger partial charge in [-0.2, -0.15) is 0 Å². The lowest BCUT2D eigenvalue weighted by molar-refractivity contribution is -0.112. The van der Waals surface area contributed by atoms with Crippen LogP contribution in [0.4, 0.5) is 0 Å². The van der Waals surface area contributed by atoms with Crippen molar-refractivity contribution in [2.24, 2.45) is 0 Å². The first-order chi connectivity index (χ1) is 11.8. The molecule has 1 aliphatic rings. The molecule has 0 unspecified atom stereocenters. The largest absolute Gasteiger partial charge is 0.358 e. The maximum Gasteiger partial charge on any atom is 0.219 e. The van der Waals surface area contributed by atoms with Gasteiger partial charge in [0.25, 0.3) is 0 Å². The van der Waals surface area contributed by atoms with Gasteiger partial charge in [0, 0.05) is 36.2 Å². The van der Waals surface area contributed by atoms with Crippen LogP contribution < -0.4 is 0 Å². The van der Waals surface area contributed by atoms with Crippen LogP contribution in [-0.4, -0.2) is 10.2 Å². The molecule has 1 aromatic carbocycles. The predicted octanol–water partition coefficient (Wildman–Crippen LogP) is 5.15. The van der Waals surface area contributed by atoms with Crippen LogP contribution in [0.15, 0.2) is 36.4 Å². The van der Waals surface area contributed by atoms with Crippen LogP contribution in [0.2, 0.25) is 0 Å². The van der Waals surface area contributed by atoms with Crippen molar-refractivity contribution < 1.29 is 10.2 Å². The molecule has 2 heterocycles. The molecule has 4 heteroatoms. The van der Waals surface area contributed by atoms with Crippen LogP contribution in [0.1, 0.15) is 41.8 Å². The van der Waals surface area contributed by atoms with Gasteiger partial charge in [0.15, 0.2) is 0 Å². The fourth-order valence-electron chi connectivity index (χ4n) is 3.81. The van der Waals surface area contributed by atoms with E-state index in [4.69, 9.17) is 0 Å². The van der Waals surface area contributed by atoms with Gasteiger partial charge in [0.05, 0.1) is 0 Å². The Bertz CT molecular complexity index is 1020. The molecule has 4 rings (SSSR count). The Hall–Kier alpha value is -1.72. The molecule has 0 atom stereocenters. The Kier molecular flexibility index (Phi) is 3.78. The second-order valence-corrected chi connectivity index (χ2v) is 9.54. The first-order valence-corrected chi connectivity index (χ1v) is 9.88. The van der Waals surface area contributed by atoms with Crippen molar-refractivity contribution in [2.45, 2.75) is 33.5 Å². The Labute approximate surface area is 155 Å². The van der Waals surface area contributed by atoms with Gasteiger partial charge in [-0.1, -0.05) is 24.3 Å². The van der Waals surface area contributed by atoms with Crippen molar-refractivity contribution in [3.05, 3.63) is 78.2 Å². The monoisotopic (exact) mass is 368 g/mol. The molecule has 0 radical (unpaired) electrons. The normalized spacial score (nSPS) is 15.8. The van der Waals surface area contributed by atoms with E-state index in [1.807, 2.05) is 31.2 Å². The molecular weight excluding hydrogens is 348 g/mol. The van der Waals surface area contributed by atoms with Crippen LogP contribution in [-0.2, 0) is 5.79 Å². The topological polar surface area (TPSA) is 40.5 Å². The third-order valence-electron chi connectivity index (χ3n) is 4.79. The number of rotatable bonds is 2. The van der Waals surface area contributed by atoms with E-state index in [2.05, 4.69) is 32.9 Å². The molecule has 0 bridgehead atoms. The number of benzene rings is 1. The summed E-state index contributed by atoms with van der Waals surface area (Å²) in [6.45, 7) is 8.29. The summed E-state index contributed by atoms with van der Waals surface area (Å²) in [5.41, 5.74) is 5.05. The van der Waals surface area contributed by atoms with E-state index in [1.165, 1.54) is 14.6 Å². The van der Waals surface area contributed by atoms with E-state index in [1.54, 1.807) is 22.7 Å². The van der Waals surface area contributed by atoms with Crippen molar-refractivity contribution in [1.29, 1.82) is 0 Å². The minimum atomic E-state index is -1.98. The minimum absolute atomic E-state index is 0.562. The smallest absolute Gasteiger partial charge is 0.219 e. The summed E-state index contributed by atoms with van der Waals surface area (Å²) in [5, 5.41) is 22.3. The summed E-state index contributed by atoms with van der Waals surface area (Å²) in [7, 11) is 0. The number of aliphatic hydroxyl groups is 2. The average Bonchev–Trinajstić information content (AvgIpc) is 3.12. The fraction of sp³-hybridized carbons (Fsp3) is 0.238. The number of fused-ring (bicyclic) bond motifs is 1. The first-order valence-electron chi connectivity index (χ1n) is 8.25. The van der Waals surface area contributed by atoms with Crippen molar-refractivity contribution in [3.63, 3.8) is 0 Å². The second kappa shape index (κ2) is 5.64. The Morgan fingerprint density at radius 3 is 1.88 bits per heavy atom. The molecule has 0 aliphatic heterocycles. The number of hydrogen-bond acceptors (Lipinski definition) is 4. The van der Waals surface area contributed by atoms with E-state index < -0.39 is 5.79 Å². The predicted molar refractivity (Wildman–Crippen MR) is 106 cm³/mol. The van der Waals surface area contributed by atoms with Gasteiger partial charge in [0.1, 0.15) is 0 Å². The van der Waals surface area contributed by atoms with E-state index in [0.717, 1.165) is 27.1 Å². The van der Waals surface area contributed by atoms with Gasteiger partial charge in [-0.15, -0.1) is 22.7 Å². The highest BCUT2D eigenvalue weighted by molar-refractivity contribution is 7.12. The Balaban J connectivity index is 2.13. The van der Waals surface area contributed by atoms with Gasteiger partial charge >= 0.3 is 0 Å². The molecule has 128 valence electrons. The zero-order chi connectivity index (χ0) is 17.9. The lowest BCUT2D eigenvalue weighted by atomic mass is 9.93. The maximum absolute atomic E-state index is 11.1. The average molecular weight is 369 g/mol. The van der Waals surface area contributed by atoms with Gasteiger partial charge in [-0.25, -0.2) is 0 Å². The molecule has 3 aromatic rings. The molecule has 0 spiro atoms. The van der Waals surface area contributed by atoms with Crippen LogP contribution >= 0.6 is 22.7 Å². The van der Waals surface area contributed by atoms with Gasteiger partial charge in [0.2, 0.25) is 5.79 Å². The quantitative estimate of drug-likeness (QED) is 0.614. The van der Waals surface area contributed by atoms with E-state index in [-0.39, 0.29) is 0 Å². The third kappa shape index (κ3) is 2.44. The lowest BCUT2D eigenvalue weighted by Gasteiger charge is -2.22. The fourth-order valence-corrected chi connectivity index (χ4v) is 5.67. The third-order valence-corrected chi connectivity index (χ3v) is 6.72. The lowest BCUT2D eigenvalue weighted by Crippen LogP contribution is -2.24. The SMILES string of the molecule is Cc1cc(C2=C(c3cc(C)sc3C)C(O)(O)c3ccccc32)c(C)s1. The highest BCUT2D eigenvalue weighted by Gasteiger charge is 2.44. The first kappa shape index (κ1) is 16.7. The molecule has 2 nitrogen and oxygen atoms in total. The Morgan fingerprint density at radius 2 is 1.32 bits per heavy atom. The highest BCUT2D eigenvalue weighted by atomic mass is 32.1. The number of thiophene rings is 2. The van der Waals surface area contributed by atoms with Crippen molar-refractivity contribution in [2.75, 3.05) is 0 Å². The number of hydrogen-bond donors (Lipinski definition) is 2. The van der Waals surface area contributed by atoms with Crippen LogP contribution in [0.25, 0.3) is 11.1 Å². The van der Waals surface area contributed by atoms with Crippen LogP contribution in [0.5, 0.6) is 0 Å². The number of aryl methyl sites for hydroxylation is 4. The standard InChI is InChI=1S/C21H20O2S2/c1-11-9-16(13(3)24-11)19-15-7-5-6-8-18(15)21(22,23)20(19)17-10-12(2)25-14(17)4/h5-10,22-23H,1-4H3. The maximum atomic E-state index is 11.1. The van der Waals surface area contributed by atoms with Crippen LogP contribution in [0, 0.1) is 27.7 Å². The molecule has 2 N–H and O–H groups in total.